The number of hydrogen-bond acceptors (Lipinski definition) is 6. The van der Waals surface area contributed by atoms with Crippen LogP contribution < -0.4 is 16.0 Å². The van der Waals surface area contributed by atoms with Gasteiger partial charge in [0.2, 0.25) is 5.91 Å². The van der Waals surface area contributed by atoms with Crippen LogP contribution in [-0.4, -0.2) is 51.3 Å². The van der Waals surface area contributed by atoms with Crippen LogP contribution in [0.3, 0.4) is 0 Å². The zero-order chi connectivity index (χ0) is 27.0. The number of benzene rings is 2. The number of primary amides is 1. The van der Waals surface area contributed by atoms with Crippen molar-refractivity contribution in [2.24, 2.45) is 5.73 Å². The number of nitrogens with two attached hydrogens (primary N) is 1. The number of carbonyl (C=O) groups excluding carboxylic acids is 2. The molecule has 3 N–H and O–H groups in total. The maximum absolute atomic E-state index is 12.2. The molecule has 0 aliphatic carbocycles. The van der Waals surface area contributed by atoms with Crippen molar-refractivity contribution in [2.75, 3.05) is 18.0 Å². The van der Waals surface area contributed by atoms with E-state index in [1.807, 2.05) is 37.5 Å². The van der Waals surface area contributed by atoms with Crippen molar-refractivity contribution in [1.29, 1.82) is 0 Å². The van der Waals surface area contributed by atoms with Gasteiger partial charge in [-0.2, -0.15) is 0 Å². The molecule has 1 aliphatic rings. The fraction of sp³-hybridized carbons (Fsp3) is 0.379. The van der Waals surface area contributed by atoms with E-state index >= 15 is 0 Å². The van der Waals surface area contributed by atoms with Crippen LogP contribution in [-0.2, 0) is 11.2 Å². The second-order valence-corrected chi connectivity index (χ2v) is 10.7. The minimum Gasteiger partial charge on any atom is -0.444 e. The predicted molar refractivity (Wildman–Crippen MR) is 149 cm³/mol. The number of nitrogens with one attached hydrogen (secondary N) is 1. The number of fused-ring (bicyclic) bond motifs is 2. The molecule has 1 saturated heterocycles. The Bertz CT molecular complexity index is 1510. The second-order valence-electron chi connectivity index (χ2n) is 10.7. The van der Waals surface area contributed by atoms with Gasteiger partial charge in [-0.1, -0.05) is 19.1 Å². The number of imidazole rings is 1. The van der Waals surface area contributed by atoms with E-state index in [0.717, 1.165) is 59.7 Å². The van der Waals surface area contributed by atoms with E-state index in [1.54, 1.807) is 12.1 Å². The minimum absolute atomic E-state index is 0.0781. The van der Waals surface area contributed by atoms with Crippen LogP contribution in [0.4, 0.5) is 10.5 Å². The van der Waals surface area contributed by atoms with Crippen molar-refractivity contribution in [2.45, 2.75) is 58.6 Å². The summed E-state index contributed by atoms with van der Waals surface area (Å²) in [5.41, 5.74) is 8.98. The molecule has 0 unspecified atom stereocenters. The number of rotatable bonds is 5. The molecule has 38 heavy (non-hydrogen) atoms. The SMILES string of the molecule is CCc1nc2cc(C(N)=O)ccc2n1-c1ccc2cccc(N3CCC(NC(=O)OC(C)(C)C)CC3)c2n1. The highest BCUT2D eigenvalue weighted by atomic mass is 16.6. The number of ether oxygens (including phenoxy) is 1. The monoisotopic (exact) mass is 514 g/mol. The summed E-state index contributed by atoms with van der Waals surface area (Å²) in [6.45, 7) is 9.25. The highest BCUT2D eigenvalue weighted by Gasteiger charge is 2.25. The van der Waals surface area contributed by atoms with E-state index in [0.29, 0.717) is 17.5 Å². The second kappa shape index (κ2) is 9.96. The van der Waals surface area contributed by atoms with E-state index in [2.05, 4.69) is 41.4 Å². The van der Waals surface area contributed by atoms with Gasteiger partial charge < -0.3 is 20.7 Å². The molecule has 5 rings (SSSR count). The molecule has 4 aromatic rings. The van der Waals surface area contributed by atoms with Crippen LogP contribution in [0.1, 0.15) is 56.7 Å². The summed E-state index contributed by atoms with van der Waals surface area (Å²) in [4.78, 5) is 36.1. The first-order valence-corrected chi connectivity index (χ1v) is 13.1. The molecule has 0 radical (unpaired) electrons. The summed E-state index contributed by atoms with van der Waals surface area (Å²) >= 11 is 0. The third kappa shape index (κ3) is 5.14. The Labute approximate surface area is 222 Å². The van der Waals surface area contributed by atoms with E-state index in [9.17, 15) is 9.59 Å². The van der Waals surface area contributed by atoms with Gasteiger partial charge in [0.1, 0.15) is 17.2 Å². The summed E-state index contributed by atoms with van der Waals surface area (Å²) in [7, 11) is 0. The van der Waals surface area contributed by atoms with E-state index < -0.39 is 11.5 Å². The zero-order valence-corrected chi connectivity index (χ0v) is 22.3. The Balaban J connectivity index is 1.44. The number of amides is 2. The molecule has 198 valence electrons. The molecule has 1 fully saturated rings. The van der Waals surface area contributed by atoms with E-state index in [-0.39, 0.29) is 12.1 Å². The Morgan fingerprint density at radius 2 is 1.84 bits per heavy atom. The van der Waals surface area contributed by atoms with Crippen molar-refractivity contribution in [3.8, 4) is 5.82 Å². The van der Waals surface area contributed by atoms with Crippen molar-refractivity contribution >= 4 is 39.6 Å². The highest BCUT2D eigenvalue weighted by molar-refractivity contribution is 5.97. The van der Waals surface area contributed by atoms with Gasteiger partial charge in [0.15, 0.2) is 0 Å². The Morgan fingerprint density at radius 1 is 1.08 bits per heavy atom. The number of alkyl carbamates (subject to hydrolysis) is 1. The first-order valence-electron chi connectivity index (χ1n) is 13.1. The highest BCUT2D eigenvalue weighted by Crippen LogP contribution is 2.30. The Morgan fingerprint density at radius 3 is 2.53 bits per heavy atom. The number of anilines is 1. The molecule has 9 heteroatoms. The molecule has 0 bridgehead atoms. The van der Waals surface area contributed by atoms with Gasteiger partial charge in [0.05, 0.1) is 22.2 Å². The number of para-hydroxylation sites is 1. The smallest absolute Gasteiger partial charge is 0.407 e. The normalized spacial score (nSPS) is 14.7. The van der Waals surface area contributed by atoms with Crippen LogP contribution in [0.15, 0.2) is 48.5 Å². The van der Waals surface area contributed by atoms with E-state index in [4.69, 9.17) is 20.4 Å². The molecular weight excluding hydrogens is 480 g/mol. The van der Waals surface area contributed by atoms with E-state index in [1.165, 1.54) is 0 Å². The summed E-state index contributed by atoms with van der Waals surface area (Å²) in [6.07, 6.45) is 1.99. The summed E-state index contributed by atoms with van der Waals surface area (Å²) in [5, 5.41) is 4.06. The average Bonchev–Trinajstić information content (AvgIpc) is 3.25. The van der Waals surface area contributed by atoms with Crippen molar-refractivity contribution in [3.05, 3.63) is 59.9 Å². The molecule has 0 spiro atoms. The van der Waals surface area contributed by atoms with Gasteiger partial charge in [-0.3, -0.25) is 9.36 Å². The predicted octanol–water partition coefficient (Wildman–Crippen LogP) is 4.73. The Kier molecular flexibility index (Phi) is 6.69. The standard InChI is InChI=1S/C29H34N6O3/c1-5-24-32-21-17-19(27(30)36)9-11-22(21)35(24)25-12-10-18-7-6-8-23(26(18)33-25)34-15-13-20(14-16-34)31-28(37)38-29(2,3)4/h6-12,17,20H,5,13-16H2,1-4H3,(H2,30,36)(H,31,37). The lowest BCUT2D eigenvalue weighted by Gasteiger charge is -2.34. The largest absolute Gasteiger partial charge is 0.444 e. The lowest BCUT2D eigenvalue weighted by molar-refractivity contribution is 0.0497. The van der Waals surface area contributed by atoms with Crippen LogP contribution in [0.2, 0.25) is 0 Å². The first kappa shape index (κ1) is 25.5. The molecule has 9 nitrogen and oxygen atoms in total. The third-order valence-electron chi connectivity index (χ3n) is 6.79. The van der Waals surface area contributed by atoms with Gasteiger partial charge in [-0.05, 0) is 70.0 Å². The van der Waals surface area contributed by atoms with Gasteiger partial charge in [-0.15, -0.1) is 0 Å². The van der Waals surface area contributed by atoms with Gasteiger partial charge in [-0.25, -0.2) is 14.8 Å². The van der Waals surface area contributed by atoms with Crippen molar-refractivity contribution < 1.29 is 14.3 Å². The number of aromatic nitrogens is 3. The number of piperidine rings is 1. The van der Waals surface area contributed by atoms with Gasteiger partial charge >= 0.3 is 6.09 Å². The summed E-state index contributed by atoms with van der Waals surface area (Å²) < 4.78 is 7.47. The topological polar surface area (TPSA) is 115 Å². The number of pyridine rings is 1. The lowest BCUT2D eigenvalue weighted by Crippen LogP contribution is -2.46. The minimum atomic E-state index is -0.514. The Hall–Kier alpha value is -4.14. The van der Waals surface area contributed by atoms with Crippen molar-refractivity contribution in [3.63, 3.8) is 0 Å². The number of carbonyl (C=O) groups is 2. The quantitative estimate of drug-likeness (QED) is 0.398. The molecule has 3 heterocycles. The van der Waals surface area contributed by atoms with Crippen LogP contribution in [0.5, 0.6) is 0 Å². The lowest BCUT2D eigenvalue weighted by atomic mass is 10.0. The van der Waals surface area contributed by atoms with Crippen LogP contribution in [0.25, 0.3) is 27.8 Å². The zero-order valence-electron chi connectivity index (χ0n) is 22.3. The number of aryl methyl sites for hydroxylation is 1. The molecule has 2 amide bonds. The molecular formula is C29H34N6O3. The van der Waals surface area contributed by atoms with Crippen LogP contribution in [0, 0.1) is 0 Å². The summed E-state index contributed by atoms with van der Waals surface area (Å²) in [6, 6.07) is 15.7. The third-order valence-corrected chi connectivity index (χ3v) is 6.79. The first-order chi connectivity index (χ1) is 18.1. The number of hydrogen-bond donors (Lipinski definition) is 2. The van der Waals surface area contributed by atoms with Crippen LogP contribution >= 0.6 is 0 Å². The maximum atomic E-state index is 12.2. The summed E-state index contributed by atoms with van der Waals surface area (Å²) in [5.74, 6) is 1.16. The number of nitrogens with zero attached hydrogens (tertiary/aromatic N) is 4. The molecule has 2 aromatic heterocycles. The fourth-order valence-electron chi connectivity index (χ4n) is 5.02. The van der Waals surface area contributed by atoms with Crippen molar-refractivity contribution in [1.82, 2.24) is 19.9 Å². The molecule has 2 aromatic carbocycles. The molecule has 1 aliphatic heterocycles. The van der Waals surface area contributed by atoms with Gasteiger partial charge in [0, 0.05) is 36.5 Å². The molecule has 0 atom stereocenters. The molecule has 0 saturated carbocycles. The van der Waals surface area contributed by atoms with Gasteiger partial charge in [0.25, 0.3) is 0 Å². The fourth-order valence-corrected chi connectivity index (χ4v) is 5.02. The maximum Gasteiger partial charge on any atom is 0.407 e. The average molecular weight is 515 g/mol.